The molecule has 0 saturated heterocycles. The maximum atomic E-state index is 2.28. The van der Waals surface area contributed by atoms with E-state index in [9.17, 15) is 0 Å². The van der Waals surface area contributed by atoms with E-state index in [1.807, 2.05) is 0 Å². The maximum Gasteiger partial charge on any atom is 0.188 e. The van der Waals surface area contributed by atoms with Crippen molar-refractivity contribution in [1.82, 2.24) is 0 Å². The number of pyridine rings is 1. The van der Waals surface area contributed by atoms with Gasteiger partial charge in [-0.1, -0.05) is 32.0 Å². The highest BCUT2D eigenvalue weighted by Crippen LogP contribution is 2.17. The van der Waals surface area contributed by atoms with E-state index in [-0.39, 0.29) is 0 Å². The molecule has 1 heteroatoms. The van der Waals surface area contributed by atoms with E-state index in [0.29, 0.717) is 0 Å². The molecule has 2 rings (SSSR count). The molecule has 0 fully saturated rings. The molecule has 2 aromatic rings. The summed E-state index contributed by atoms with van der Waals surface area (Å²) in [6, 6.07) is 10.8. The van der Waals surface area contributed by atoms with Gasteiger partial charge in [-0.2, -0.15) is 0 Å². The Kier molecular flexibility index (Phi) is 3.23. The quantitative estimate of drug-likeness (QED) is 0.690. The van der Waals surface area contributed by atoms with Crippen LogP contribution in [0.15, 0.2) is 36.5 Å². The molecule has 1 heterocycles. The highest BCUT2D eigenvalue weighted by molar-refractivity contribution is 5.83. The summed E-state index contributed by atoms with van der Waals surface area (Å²) in [5.41, 5.74) is 1.45. The minimum absolute atomic E-state index is 0.763. The van der Waals surface area contributed by atoms with Crippen LogP contribution in [0, 0.1) is 5.92 Å². The van der Waals surface area contributed by atoms with Gasteiger partial charge in [0, 0.05) is 17.9 Å². The Morgan fingerprint density at radius 3 is 2.62 bits per heavy atom. The van der Waals surface area contributed by atoms with Gasteiger partial charge in [0.25, 0.3) is 0 Å². The predicted molar refractivity (Wildman–Crippen MR) is 68.3 cm³/mol. The summed E-state index contributed by atoms with van der Waals surface area (Å²) in [5.74, 6) is 0.763. The molecule has 1 aromatic heterocycles. The van der Waals surface area contributed by atoms with Gasteiger partial charge in [0.15, 0.2) is 11.9 Å². The van der Waals surface area contributed by atoms with Gasteiger partial charge in [-0.25, -0.2) is 4.57 Å². The average molecular weight is 214 g/mol. The van der Waals surface area contributed by atoms with Gasteiger partial charge in [0.2, 0.25) is 0 Å². The molecular weight excluding hydrogens is 194 g/mol. The van der Waals surface area contributed by atoms with E-state index in [2.05, 4.69) is 62.0 Å². The summed E-state index contributed by atoms with van der Waals surface area (Å²) >= 11 is 0. The van der Waals surface area contributed by atoms with Crippen LogP contribution in [-0.4, -0.2) is 0 Å². The van der Waals surface area contributed by atoms with E-state index < -0.39 is 0 Å². The fourth-order valence-corrected chi connectivity index (χ4v) is 2.11. The number of aryl methyl sites for hydroxylation is 2. The number of hydrogen-bond donors (Lipinski definition) is 0. The Bertz CT molecular complexity index is 486. The first-order valence-corrected chi connectivity index (χ1v) is 6.04. The molecule has 84 valence electrons. The summed E-state index contributed by atoms with van der Waals surface area (Å²) in [7, 11) is 2.14. The summed E-state index contributed by atoms with van der Waals surface area (Å²) < 4.78 is 2.25. The van der Waals surface area contributed by atoms with Crippen molar-refractivity contribution in [3.8, 4) is 0 Å². The number of aromatic nitrogens is 1. The normalized spacial score (nSPS) is 11.2. The van der Waals surface area contributed by atoms with E-state index >= 15 is 0 Å². The van der Waals surface area contributed by atoms with Gasteiger partial charge >= 0.3 is 0 Å². The molecular formula is C15H20N+. The fourth-order valence-electron chi connectivity index (χ4n) is 2.11. The van der Waals surface area contributed by atoms with Crippen LogP contribution in [0.4, 0.5) is 0 Å². The minimum Gasteiger partial charge on any atom is -0.205 e. The summed E-state index contributed by atoms with van der Waals surface area (Å²) in [4.78, 5) is 0. The Morgan fingerprint density at radius 2 is 1.88 bits per heavy atom. The van der Waals surface area contributed by atoms with Crippen LogP contribution in [0.2, 0.25) is 0 Å². The first kappa shape index (κ1) is 11.1. The van der Waals surface area contributed by atoms with Crippen LogP contribution in [0.25, 0.3) is 10.8 Å². The van der Waals surface area contributed by atoms with Crippen LogP contribution in [-0.2, 0) is 13.5 Å². The molecule has 0 aliphatic heterocycles. The van der Waals surface area contributed by atoms with E-state index in [1.165, 1.54) is 22.9 Å². The summed E-state index contributed by atoms with van der Waals surface area (Å²) in [6.07, 6.45) is 4.58. The lowest BCUT2D eigenvalue weighted by molar-refractivity contribution is -0.677. The molecule has 1 aromatic carbocycles. The third-order valence-electron chi connectivity index (χ3n) is 3.13. The third kappa shape index (κ3) is 2.24. The zero-order valence-electron chi connectivity index (χ0n) is 10.4. The van der Waals surface area contributed by atoms with Gasteiger partial charge in [-0.3, -0.25) is 0 Å². The third-order valence-corrected chi connectivity index (χ3v) is 3.13. The smallest absolute Gasteiger partial charge is 0.188 e. The van der Waals surface area contributed by atoms with Crippen LogP contribution in [0.1, 0.15) is 26.0 Å². The molecule has 0 atom stereocenters. The van der Waals surface area contributed by atoms with Crippen LogP contribution in [0.3, 0.4) is 0 Å². The molecule has 0 amide bonds. The lowest BCUT2D eigenvalue weighted by Crippen LogP contribution is -2.33. The lowest BCUT2D eigenvalue weighted by atomic mass is 10.0. The molecule has 0 radical (unpaired) electrons. The molecule has 0 aliphatic carbocycles. The van der Waals surface area contributed by atoms with E-state index in [0.717, 1.165) is 12.3 Å². The molecule has 0 N–H and O–H groups in total. The molecule has 0 bridgehead atoms. The fraction of sp³-hybridized carbons (Fsp3) is 0.400. The second-order valence-electron chi connectivity index (χ2n) is 4.89. The Labute approximate surface area is 97.7 Å². The zero-order chi connectivity index (χ0) is 11.5. The number of fused-ring (bicyclic) bond motifs is 1. The molecule has 1 nitrogen and oxygen atoms in total. The van der Waals surface area contributed by atoms with Crippen molar-refractivity contribution in [1.29, 1.82) is 0 Å². The first-order chi connectivity index (χ1) is 7.68. The van der Waals surface area contributed by atoms with Crippen molar-refractivity contribution in [2.75, 3.05) is 0 Å². The Hall–Kier alpha value is -1.37. The van der Waals surface area contributed by atoms with E-state index in [4.69, 9.17) is 0 Å². The standard InChI is InChI=1S/C15H20N/c1-12(2)8-9-15-14-7-5-4-6-13(14)10-11-16(15)3/h4-7,10-12H,8-9H2,1-3H3/q+1. The lowest BCUT2D eigenvalue weighted by Gasteiger charge is -2.06. The van der Waals surface area contributed by atoms with Crippen molar-refractivity contribution >= 4 is 10.8 Å². The number of hydrogen-bond acceptors (Lipinski definition) is 0. The highest BCUT2D eigenvalue weighted by atomic mass is 14.9. The number of benzene rings is 1. The topological polar surface area (TPSA) is 3.88 Å². The number of nitrogens with zero attached hydrogens (tertiary/aromatic N) is 1. The SMILES string of the molecule is CC(C)CCc1c2ccccc2cc[n+]1C. The Morgan fingerprint density at radius 1 is 1.12 bits per heavy atom. The Balaban J connectivity index is 2.44. The summed E-state index contributed by atoms with van der Waals surface area (Å²) in [6.45, 7) is 4.57. The van der Waals surface area contributed by atoms with Crippen LogP contribution >= 0.6 is 0 Å². The molecule has 0 saturated carbocycles. The second-order valence-corrected chi connectivity index (χ2v) is 4.89. The van der Waals surface area contributed by atoms with Gasteiger partial charge in [-0.15, -0.1) is 0 Å². The van der Waals surface area contributed by atoms with Gasteiger partial charge in [0.1, 0.15) is 7.05 Å². The van der Waals surface area contributed by atoms with E-state index in [1.54, 1.807) is 0 Å². The van der Waals surface area contributed by atoms with Crippen molar-refractivity contribution in [2.24, 2.45) is 13.0 Å². The number of rotatable bonds is 3. The average Bonchev–Trinajstić information content (AvgIpc) is 2.27. The maximum absolute atomic E-state index is 2.28. The van der Waals surface area contributed by atoms with Crippen molar-refractivity contribution in [3.63, 3.8) is 0 Å². The van der Waals surface area contributed by atoms with Gasteiger partial charge in [-0.05, 0) is 23.8 Å². The highest BCUT2D eigenvalue weighted by Gasteiger charge is 2.11. The molecule has 16 heavy (non-hydrogen) atoms. The largest absolute Gasteiger partial charge is 0.205 e. The zero-order valence-corrected chi connectivity index (χ0v) is 10.4. The molecule has 0 aliphatic rings. The predicted octanol–water partition coefficient (Wildman–Crippen LogP) is 3.25. The van der Waals surface area contributed by atoms with Gasteiger partial charge in [0.05, 0.1) is 0 Å². The van der Waals surface area contributed by atoms with Crippen LogP contribution < -0.4 is 4.57 Å². The summed E-state index contributed by atoms with van der Waals surface area (Å²) in [5, 5.41) is 2.74. The second kappa shape index (κ2) is 4.65. The van der Waals surface area contributed by atoms with Crippen molar-refractivity contribution < 1.29 is 4.57 Å². The monoisotopic (exact) mass is 214 g/mol. The van der Waals surface area contributed by atoms with Crippen LogP contribution in [0.5, 0.6) is 0 Å². The minimum atomic E-state index is 0.763. The van der Waals surface area contributed by atoms with Crippen molar-refractivity contribution in [3.05, 3.63) is 42.2 Å². The van der Waals surface area contributed by atoms with Crippen molar-refractivity contribution in [2.45, 2.75) is 26.7 Å². The molecule has 0 unspecified atom stereocenters. The first-order valence-electron chi connectivity index (χ1n) is 6.04. The molecule has 0 spiro atoms. The van der Waals surface area contributed by atoms with Gasteiger partial charge < -0.3 is 0 Å².